The molecule has 0 saturated carbocycles. The molecule has 0 aromatic carbocycles. The van der Waals surface area contributed by atoms with E-state index in [4.69, 9.17) is 0 Å². The molecule has 0 saturated heterocycles. The molecule has 1 heterocycles. The molecule has 0 spiro atoms. The highest BCUT2D eigenvalue weighted by Gasteiger charge is 2.25. The zero-order chi connectivity index (χ0) is 11.6. The number of nitrogens with zero attached hydrogens (tertiary/aromatic N) is 4. The van der Waals surface area contributed by atoms with Gasteiger partial charge in [-0.25, -0.2) is 4.98 Å². The molecule has 8 heteroatoms. The van der Waals surface area contributed by atoms with E-state index in [0.717, 1.165) is 11.2 Å². The summed E-state index contributed by atoms with van der Waals surface area (Å²) < 4.78 is 0. The van der Waals surface area contributed by atoms with Crippen LogP contribution in [0, 0.1) is 10.1 Å². The van der Waals surface area contributed by atoms with Gasteiger partial charge in [0.05, 0.1) is 0 Å². The molecule has 1 aromatic rings. The number of amides is 1. The number of nitro groups is 1. The Labute approximate surface area is 84.3 Å². The van der Waals surface area contributed by atoms with Crippen molar-refractivity contribution in [2.45, 2.75) is 0 Å². The van der Waals surface area contributed by atoms with Crippen molar-refractivity contribution in [3.05, 3.63) is 22.1 Å². The molecule has 1 N–H and O–H groups in total. The number of rotatable bonds is 2. The number of carbonyl (C=O) groups is 1. The van der Waals surface area contributed by atoms with Gasteiger partial charge in [-0.15, -0.1) is 0 Å². The molecule has 0 aliphatic carbocycles. The van der Waals surface area contributed by atoms with E-state index < -0.39 is 22.4 Å². The summed E-state index contributed by atoms with van der Waals surface area (Å²) in [5, 5.41) is 19.8. The fourth-order valence-electron chi connectivity index (χ4n) is 0.871. The lowest BCUT2D eigenvalue weighted by Gasteiger charge is -2.09. The fraction of sp³-hybridized carbons (Fsp3) is 0.286. The second-order valence-electron chi connectivity index (χ2n) is 2.85. The standard InChI is InChI=1S/C7H8N4O4/c1-10(2)7(13)4-5(12)6(11(14)15)9-3-8-4/h3,12H,1-2H3. The van der Waals surface area contributed by atoms with E-state index in [1.54, 1.807) is 0 Å². The van der Waals surface area contributed by atoms with Gasteiger partial charge in [0.1, 0.15) is 0 Å². The number of hydrogen-bond donors (Lipinski definition) is 1. The predicted octanol–water partition coefficient (Wildman–Crippen LogP) is -0.208. The van der Waals surface area contributed by atoms with Crippen LogP contribution in [0.25, 0.3) is 0 Å². The molecular formula is C7H8N4O4. The van der Waals surface area contributed by atoms with E-state index in [0.29, 0.717) is 0 Å². The first kappa shape index (κ1) is 10.8. The van der Waals surface area contributed by atoms with Gasteiger partial charge in [-0.2, -0.15) is 0 Å². The van der Waals surface area contributed by atoms with Crippen LogP contribution in [0.5, 0.6) is 5.75 Å². The van der Waals surface area contributed by atoms with Crippen LogP contribution in [0.2, 0.25) is 0 Å². The van der Waals surface area contributed by atoms with Crippen LogP contribution in [0.4, 0.5) is 5.82 Å². The van der Waals surface area contributed by atoms with Gasteiger partial charge in [-0.3, -0.25) is 4.79 Å². The SMILES string of the molecule is CN(C)C(=O)c1ncnc([N+](=O)[O-])c1O. The minimum atomic E-state index is -0.885. The van der Waals surface area contributed by atoms with Gasteiger partial charge < -0.3 is 20.1 Å². The predicted molar refractivity (Wildman–Crippen MR) is 48.4 cm³/mol. The molecule has 0 aliphatic heterocycles. The van der Waals surface area contributed by atoms with E-state index in [2.05, 4.69) is 9.97 Å². The number of aromatic nitrogens is 2. The lowest BCUT2D eigenvalue weighted by Crippen LogP contribution is -2.23. The number of carbonyl (C=O) groups excluding carboxylic acids is 1. The summed E-state index contributed by atoms with van der Waals surface area (Å²) in [5.41, 5.74) is -0.387. The van der Waals surface area contributed by atoms with Gasteiger partial charge in [0.25, 0.3) is 5.91 Å². The molecule has 0 radical (unpaired) electrons. The number of aromatic hydroxyl groups is 1. The quantitative estimate of drug-likeness (QED) is 0.536. The molecule has 0 aliphatic rings. The average Bonchev–Trinajstić information content (AvgIpc) is 2.16. The number of hydrogen-bond acceptors (Lipinski definition) is 6. The van der Waals surface area contributed by atoms with Crippen LogP contribution in [0.3, 0.4) is 0 Å². The summed E-state index contributed by atoms with van der Waals surface area (Å²) in [5.74, 6) is -2.23. The lowest BCUT2D eigenvalue weighted by molar-refractivity contribution is -0.390. The van der Waals surface area contributed by atoms with Crippen molar-refractivity contribution in [2.75, 3.05) is 14.1 Å². The Bertz CT molecular complexity index is 417. The molecule has 1 rings (SSSR count). The second kappa shape index (κ2) is 3.86. The average molecular weight is 212 g/mol. The normalized spacial score (nSPS) is 9.73. The highest BCUT2D eigenvalue weighted by molar-refractivity contribution is 5.95. The summed E-state index contributed by atoms with van der Waals surface area (Å²) in [6.07, 6.45) is 0.856. The van der Waals surface area contributed by atoms with E-state index in [-0.39, 0.29) is 5.69 Å². The molecule has 1 aromatic heterocycles. The second-order valence-corrected chi connectivity index (χ2v) is 2.85. The van der Waals surface area contributed by atoms with Gasteiger partial charge in [0, 0.05) is 14.1 Å². The van der Waals surface area contributed by atoms with E-state index in [1.807, 2.05) is 0 Å². The lowest BCUT2D eigenvalue weighted by atomic mass is 10.3. The maximum Gasteiger partial charge on any atom is 0.410 e. The maximum absolute atomic E-state index is 11.4. The third kappa shape index (κ3) is 1.98. The maximum atomic E-state index is 11.4. The molecule has 1 amide bonds. The van der Waals surface area contributed by atoms with Crippen molar-refractivity contribution < 1.29 is 14.8 Å². The Morgan fingerprint density at radius 2 is 2.13 bits per heavy atom. The van der Waals surface area contributed by atoms with Crippen LogP contribution in [0.15, 0.2) is 6.33 Å². The van der Waals surface area contributed by atoms with Crippen LogP contribution >= 0.6 is 0 Å². The van der Waals surface area contributed by atoms with Crippen LogP contribution < -0.4 is 0 Å². The van der Waals surface area contributed by atoms with Crippen molar-refractivity contribution in [1.82, 2.24) is 14.9 Å². The first-order valence-electron chi connectivity index (χ1n) is 3.85. The topological polar surface area (TPSA) is 109 Å². The summed E-state index contributed by atoms with van der Waals surface area (Å²) in [7, 11) is 2.88. The Kier molecular flexibility index (Phi) is 2.79. The molecule has 80 valence electrons. The monoisotopic (exact) mass is 212 g/mol. The Morgan fingerprint density at radius 1 is 1.53 bits per heavy atom. The summed E-state index contributed by atoms with van der Waals surface area (Å²) >= 11 is 0. The van der Waals surface area contributed by atoms with E-state index >= 15 is 0 Å². The molecule has 0 unspecified atom stereocenters. The Balaban J connectivity index is 3.27. The largest absolute Gasteiger partial charge is 0.499 e. The van der Waals surface area contributed by atoms with Crippen molar-refractivity contribution in [3.63, 3.8) is 0 Å². The zero-order valence-electron chi connectivity index (χ0n) is 8.04. The summed E-state index contributed by atoms with van der Waals surface area (Å²) in [4.78, 5) is 28.8. The summed E-state index contributed by atoms with van der Waals surface area (Å²) in [6, 6.07) is 0. The molecule has 15 heavy (non-hydrogen) atoms. The van der Waals surface area contributed by atoms with E-state index in [9.17, 15) is 20.0 Å². The van der Waals surface area contributed by atoms with E-state index in [1.165, 1.54) is 14.1 Å². The molecule has 8 nitrogen and oxygen atoms in total. The van der Waals surface area contributed by atoms with Crippen molar-refractivity contribution in [3.8, 4) is 5.75 Å². The molecule has 0 fully saturated rings. The van der Waals surface area contributed by atoms with Gasteiger partial charge in [-0.1, -0.05) is 0 Å². The molecule has 0 atom stereocenters. The molecular weight excluding hydrogens is 204 g/mol. The smallest absolute Gasteiger partial charge is 0.410 e. The minimum absolute atomic E-state index is 0.387. The van der Waals surface area contributed by atoms with Gasteiger partial charge in [0.2, 0.25) is 12.1 Å². The summed E-state index contributed by atoms with van der Waals surface area (Å²) in [6.45, 7) is 0. The third-order valence-electron chi connectivity index (χ3n) is 1.58. The van der Waals surface area contributed by atoms with Crippen LogP contribution in [-0.2, 0) is 0 Å². The first-order chi connectivity index (χ1) is 6.95. The highest BCUT2D eigenvalue weighted by atomic mass is 16.6. The first-order valence-corrected chi connectivity index (χ1v) is 3.85. The van der Waals surface area contributed by atoms with Gasteiger partial charge >= 0.3 is 5.82 Å². The molecule has 0 bridgehead atoms. The zero-order valence-corrected chi connectivity index (χ0v) is 8.04. The minimum Gasteiger partial charge on any atom is -0.499 e. The fourth-order valence-corrected chi connectivity index (χ4v) is 0.871. The van der Waals surface area contributed by atoms with Gasteiger partial charge in [0.15, 0.2) is 5.69 Å². The van der Waals surface area contributed by atoms with Crippen LogP contribution in [0.1, 0.15) is 10.5 Å². The highest BCUT2D eigenvalue weighted by Crippen LogP contribution is 2.25. The Morgan fingerprint density at radius 3 is 2.60 bits per heavy atom. The van der Waals surface area contributed by atoms with Crippen molar-refractivity contribution in [2.24, 2.45) is 0 Å². The van der Waals surface area contributed by atoms with Crippen molar-refractivity contribution in [1.29, 1.82) is 0 Å². The van der Waals surface area contributed by atoms with Gasteiger partial charge in [-0.05, 0) is 9.91 Å². The van der Waals surface area contributed by atoms with Crippen LogP contribution in [-0.4, -0.2) is 44.9 Å². The Hall–Kier alpha value is -2.25. The third-order valence-corrected chi connectivity index (χ3v) is 1.58. The van der Waals surface area contributed by atoms with Crippen molar-refractivity contribution >= 4 is 11.7 Å².